The molecule has 1 aliphatic carbocycles. The van der Waals surface area contributed by atoms with Gasteiger partial charge < -0.3 is 11.5 Å². The zero-order chi connectivity index (χ0) is 7.56. The molecule has 0 radical (unpaired) electrons. The lowest BCUT2D eigenvalue weighted by Gasteiger charge is -2.30. The monoisotopic (exact) mass is 142 g/mol. The minimum Gasteiger partial charge on any atom is -0.326 e. The molecule has 0 amide bonds. The first-order valence-electron chi connectivity index (χ1n) is 4.25. The Hall–Kier alpha value is -0.0800. The third kappa shape index (κ3) is 1.70. The van der Waals surface area contributed by atoms with Gasteiger partial charge in [0.1, 0.15) is 0 Å². The summed E-state index contributed by atoms with van der Waals surface area (Å²) in [6, 6.07) is 0.529. The molecule has 0 aromatic carbocycles. The second-order valence-electron chi connectivity index (χ2n) is 3.42. The lowest BCUT2D eigenvalue weighted by molar-refractivity contribution is 0.283. The Morgan fingerprint density at radius 1 is 1.20 bits per heavy atom. The molecule has 2 heteroatoms. The SMILES string of the molecule is CCC1CC[C@@H](N)[C@H](N)C1. The maximum Gasteiger partial charge on any atom is 0.0194 e. The van der Waals surface area contributed by atoms with E-state index in [1.54, 1.807) is 0 Å². The van der Waals surface area contributed by atoms with Gasteiger partial charge in [-0.25, -0.2) is 0 Å². The molecular formula is C8H18N2. The van der Waals surface area contributed by atoms with Crippen molar-refractivity contribution < 1.29 is 0 Å². The van der Waals surface area contributed by atoms with Gasteiger partial charge in [0.05, 0.1) is 0 Å². The molecule has 3 atom stereocenters. The summed E-state index contributed by atoms with van der Waals surface area (Å²) in [4.78, 5) is 0. The van der Waals surface area contributed by atoms with E-state index < -0.39 is 0 Å². The zero-order valence-electron chi connectivity index (χ0n) is 6.72. The highest BCUT2D eigenvalue weighted by atomic mass is 14.8. The summed E-state index contributed by atoms with van der Waals surface area (Å²) >= 11 is 0. The standard InChI is InChI=1S/C8H18N2/c1-2-6-3-4-7(9)8(10)5-6/h6-8H,2-5,9-10H2,1H3/t6?,7-,8-/m1/s1. The minimum absolute atomic E-state index is 0.263. The van der Waals surface area contributed by atoms with Crippen LogP contribution in [-0.4, -0.2) is 12.1 Å². The van der Waals surface area contributed by atoms with Gasteiger partial charge in [-0.1, -0.05) is 13.3 Å². The van der Waals surface area contributed by atoms with Crippen LogP contribution in [0.1, 0.15) is 32.6 Å². The highest BCUT2D eigenvalue weighted by Gasteiger charge is 2.23. The predicted octanol–water partition coefficient (Wildman–Crippen LogP) is 0.851. The Kier molecular flexibility index (Phi) is 2.69. The van der Waals surface area contributed by atoms with Crippen molar-refractivity contribution in [3.05, 3.63) is 0 Å². The molecule has 0 spiro atoms. The molecule has 1 fully saturated rings. The van der Waals surface area contributed by atoms with E-state index in [-0.39, 0.29) is 12.1 Å². The molecule has 0 aliphatic heterocycles. The average Bonchev–Trinajstić information content (AvgIpc) is 1.95. The van der Waals surface area contributed by atoms with E-state index in [1.807, 2.05) is 0 Å². The first-order valence-corrected chi connectivity index (χ1v) is 4.25. The summed E-state index contributed by atoms with van der Waals surface area (Å²) < 4.78 is 0. The second-order valence-corrected chi connectivity index (χ2v) is 3.42. The van der Waals surface area contributed by atoms with Gasteiger partial charge >= 0.3 is 0 Å². The summed E-state index contributed by atoms with van der Waals surface area (Å²) in [5.41, 5.74) is 11.6. The van der Waals surface area contributed by atoms with E-state index in [0.29, 0.717) is 0 Å². The Bertz CT molecular complexity index is 103. The van der Waals surface area contributed by atoms with Crippen molar-refractivity contribution in [3.63, 3.8) is 0 Å². The van der Waals surface area contributed by atoms with Crippen molar-refractivity contribution in [1.29, 1.82) is 0 Å². The normalized spacial score (nSPS) is 41.7. The third-order valence-electron chi connectivity index (χ3n) is 2.64. The lowest BCUT2D eigenvalue weighted by atomic mass is 9.82. The van der Waals surface area contributed by atoms with Crippen LogP contribution < -0.4 is 11.5 Å². The van der Waals surface area contributed by atoms with Crippen LogP contribution in [0.5, 0.6) is 0 Å². The summed E-state index contributed by atoms with van der Waals surface area (Å²) in [7, 11) is 0. The fourth-order valence-electron chi connectivity index (χ4n) is 1.69. The van der Waals surface area contributed by atoms with Crippen LogP contribution >= 0.6 is 0 Å². The van der Waals surface area contributed by atoms with Crippen LogP contribution in [0.15, 0.2) is 0 Å². The Balaban J connectivity index is 2.33. The van der Waals surface area contributed by atoms with Crippen LogP contribution in [0.3, 0.4) is 0 Å². The zero-order valence-corrected chi connectivity index (χ0v) is 6.72. The molecule has 0 aromatic rings. The first kappa shape index (κ1) is 8.02. The highest BCUT2D eigenvalue weighted by Crippen LogP contribution is 2.24. The molecule has 1 rings (SSSR count). The van der Waals surface area contributed by atoms with Gasteiger partial charge in [0.15, 0.2) is 0 Å². The van der Waals surface area contributed by atoms with Crippen molar-refractivity contribution in [2.45, 2.75) is 44.7 Å². The molecule has 0 aromatic heterocycles. The van der Waals surface area contributed by atoms with Crippen molar-refractivity contribution in [2.75, 3.05) is 0 Å². The van der Waals surface area contributed by atoms with Crippen LogP contribution in [-0.2, 0) is 0 Å². The molecule has 0 saturated heterocycles. The van der Waals surface area contributed by atoms with Crippen LogP contribution in [0.2, 0.25) is 0 Å². The predicted molar refractivity (Wildman–Crippen MR) is 43.6 cm³/mol. The largest absolute Gasteiger partial charge is 0.326 e. The molecule has 1 saturated carbocycles. The van der Waals surface area contributed by atoms with E-state index in [1.165, 1.54) is 12.8 Å². The molecule has 1 unspecified atom stereocenters. The first-order chi connectivity index (χ1) is 4.74. The Labute approximate surface area is 63.0 Å². The van der Waals surface area contributed by atoms with Gasteiger partial charge in [0, 0.05) is 12.1 Å². The van der Waals surface area contributed by atoms with E-state index in [0.717, 1.165) is 18.8 Å². The minimum atomic E-state index is 0.263. The van der Waals surface area contributed by atoms with Gasteiger partial charge in [-0.2, -0.15) is 0 Å². The maximum atomic E-state index is 5.82. The molecule has 60 valence electrons. The highest BCUT2D eigenvalue weighted by molar-refractivity contribution is 4.84. The molecule has 1 aliphatic rings. The molecule has 10 heavy (non-hydrogen) atoms. The number of hydrogen-bond acceptors (Lipinski definition) is 2. The number of hydrogen-bond donors (Lipinski definition) is 2. The van der Waals surface area contributed by atoms with E-state index in [9.17, 15) is 0 Å². The molecular weight excluding hydrogens is 124 g/mol. The fraction of sp³-hybridized carbons (Fsp3) is 1.00. The van der Waals surface area contributed by atoms with Gasteiger partial charge in [0.2, 0.25) is 0 Å². The van der Waals surface area contributed by atoms with E-state index >= 15 is 0 Å². The Morgan fingerprint density at radius 2 is 1.90 bits per heavy atom. The molecule has 2 nitrogen and oxygen atoms in total. The molecule has 4 N–H and O–H groups in total. The van der Waals surface area contributed by atoms with Crippen molar-refractivity contribution in [2.24, 2.45) is 17.4 Å². The Morgan fingerprint density at radius 3 is 2.40 bits per heavy atom. The van der Waals surface area contributed by atoms with Crippen LogP contribution in [0.25, 0.3) is 0 Å². The number of rotatable bonds is 1. The lowest BCUT2D eigenvalue weighted by Crippen LogP contribution is -2.45. The second kappa shape index (κ2) is 3.35. The van der Waals surface area contributed by atoms with E-state index in [2.05, 4.69) is 6.92 Å². The topological polar surface area (TPSA) is 52.0 Å². The van der Waals surface area contributed by atoms with Gasteiger partial charge in [-0.3, -0.25) is 0 Å². The summed E-state index contributed by atoms with van der Waals surface area (Å²) in [6.07, 6.45) is 4.81. The van der Waals surface area contributed by atoms with Gasteiger partial charge in [-0.15, -0.1) is 0 Å². The third-order valence-corrected chi connectivity index (χ3v) is 2.64. The van der Waals surface area contributed by atoms with Crippen molar-refractivity contribution >= 4 is 0 Å². The van der Waals surface area contributed by atoms with E-state index in [4.69, 9.17) is 11.5 Å². The van der Waals surface area contributed by atoms with Crippen molar-refractivity contribution in [3.8, 4) is 0 Å². The van der Waals surface area contributed by atoms with Crippen molar-refractivity contribution in [1.82, 2.24) is 0 Å². The smallest absolute Gasteiger partial charge is 0.0194 e. The number of nitrogens with two attached hydrogens (primary N) is 2. The van der Waals surface area contributed by atoms with Crippen LogP contribution in [0, 0.1) is 5.92 Å². The summed E-state index contributed by atoms with van der Waals surface area (Å²) in [5, 5.41) is 0. The van der Waals surface area contributed by atoms with Crippen LogP contribution in [0.4, 0.5) is 0 Å². The molecule has 0 bridgehead atoms. The quantitative estimate of drug-likeness (QED) is 0.570. The summed E-state index contributed by atoms with van der Waals surface area (Å²) in [6.45, 7) is 2.23. The fourth-order valence-corrected chi connectivity index (χ4v) is 1.69. The summed E-state index contributed by atoms with van der Waals surface area (Å²) in [5.74, 6) is 0.842. The van der Waals surface area contributed by atoms with Gasteiger partial charge in [-0.05, 0) is 25.2 Å². The maximum absolute atomic E-state index is 5.82. The molecule has 0 heterocycles. The average molecular weight is 142 g/mol. The van der Waals surface area contributed by atoms with Gasteiger partial charge in [0.25, 0.3) is 0 Å².